The van der Waals surface area contributed by atoms with Crippen molar-refractivity contribution in [2.45, 2.75) is 13.8 Å². The standard InChI is InChI=1S/C15H13N3O2/c1-9-7-12(8-10(2)16-9)14-17-15(20-18-14)11-3-5-13(19)6-4-11/h3-8,19H,1-2H3. The van der Waals surface area contributed by atoms with Gasteiger partial charge in [-0.25, -0.2) is 0 Å². The maximum absolute atomic E-state index is 9.27. The van der Waals surface area contributed by atoms with Crippen molar-refractivity contribution in [1.82, 2.24) is 15.1 Å². The number of nitrogens with zero attached hydrogens (tertiary/aromatic N) is 3. The number of phenols is 1. The largest absolute Gasteiger partial charge is 0.508 e. The lowest BCUT2D eigenvalue weighted by molar-refractivity contribution is 0.432. The van der Waals surface area contributed by atoms with Gasteiger partial charge in [0.05, 0.1) is 0 Å². The number of hydrogen-bond acceptors (Lipinski definition) is 5. The highest BCUT2D eigenvalue weighted by Crippen LogP contribution is 2.24. The van der Waals surface area contributed by atoms with Gasteiger partial charge < -0.3 is 9.63 Å². The van der Waals surface area contributed by atoms with Gasteiger partial charge in [-0.05, 0) is 50.2 Å². The molecule has 0 saturated carbocycles. The Bertz CT molecular complexity index is 728. The monoisotopic (exact) mass is 267 g/mol. The van der Waals surface area contributed by atoms with Crippen LogP contribution in [0.25, 0.3) is 22.8 Å². The van der Waals surface area contributed by atoms with Gasteiger partial charge >= 0.3 is 0 Å². The van der Waals surface area contributed by atoms with Gasteiger partial charge in [-0.1, -0.05) is 5.16 Å². The molecule has 0 aliphatic carbocycles. The number of phenolic OH excluding ortho intramolecular Hbond substituents is 1. The minimum absolute atomic E-state index is 0.203. The maximum Gasteiger partial charge on any atom is 0.258 e. The van der Waals surface area contributed by atoms with E-state index in [4.69, 9.17) is 4.52 Å². The molecule has 0 radical (unpaired) electrons. The van der Waals surface area contributed by atoms with Crippen molar-refractivity contribution in [1.29, 1.82) is 0 Å². The highest BCUT2D eigenvalue weighted by Gasteiger charge is 2.11. The average molecular weight is 267 g/mol. The van der Waals surface area contributed by atoms with Crippen molar-refractivity contribution in [2.24, 2.45) is 0 Å². The van der Waals surface area contributed by atoms with Gasteiger partial charge in [0.25, 0.3) is 5.89 Å². The molecule has 0 amide bonds. The fraction of sp³-hybridized carbons (Fsp3) is 0.133. The fourth-order valence-electron chi connectivity index (χ4n) is 2.03. The van der Waals surface area contributed by atoms with E-state index >= 15 is 0 Å². The second-order valence-electron chi connectivity index (χ2n) is 4.61. The first-order chi connectivity index (χ1) is 9.61. The van der Waals surface area contributed by atoms with Crippen molar-refractivity contribution in [3.8, 4) is 28.6 Å². The van der Waals surface area contributed by atoms with Gasteiger partial charge in [0.2, 0.25) is 5.82 Å². The molecule has 1 N–H and O–H groups in total. The van der Waals surface area contributed by atoms with Crippen molar-refractivity contribution < 1.29 is 9.63 Å². The summed E-state index contributed by atoms with van der Waals surface area (Å²) in [6, 6.07) is 10.5. The zero-order valence-corrected chi connectivity index (χ0v) is 11.2. The first kappa shape index (κ1) is 12.3. The van der Waals surface area contributed by atoms with E-state index in [9.17, 15) is 5.11 Å². The number of aromatic hydroxyl groups is 1. The summed E-state index contributed by atoms with van der Waals surface area (Å²) in [5, 5.41) is 13.3. The van der Waals surface area contributed by atoms with Crippen LogP contribution in [0.3, 0.4) is 0 Å². The second kappa shape index (κ2) is 4.77. The van der Waals surface area contributed by atoms with Gasteiger partial charge in [0.1, 0.15) is 5.75 Å². The molecule has 0 aliphatic heterocycles. The predicted octanol–water partition coefficient (Wildman–Crippen LogP) is 3.12. The van der Waals surface area contributed by atoms with Crippen LogP contribution in [-0.2, 0) is 0 Å². The van der Waals surface area contributed by atoms with E-state index in [-0.39, 0.29) is 5.75 Å². The third-order valence-corrected chi connectivity index (χ3v) is 2.88. The molecule has 0 aliphatic rings. The van der Waals surface area contributed by atoms with E-state index in [0.717, 1.165) is 22.5 Å². The van der Waals surface area contributed by atoms with Crippen molar-refractivity contribution in [3.63, 3.8) is 0 Å². The first-order valence-corrected chi connectivity index (χ1v) is 6.20. The van der Waals surface area contributed by atoms with E-state index < -0.39 is 0 Å². The minimum Gasteiger partial charge on any atom is -0.508 e. The van der Waals surface area contributed by atoms with Crippen LogP contribution in [0.15, 0.2) is 40.9 Å². The molecule has 0 fully saturated rings. The van der Waals surface area contributed by atoms with E-state index in [0.29, 0.717) is 11.7 Å². The molecule has 0 unspecified atom stereocenters. The Balaban J connectivity index is 1.99. The molecule has 1 aromatic carbocycles. The van der Waals surface area contributed by atoms with Crippen LogP contribution >= 0.6 is 0 Å². The van der Waals surface area contributed by atoms with Gasteiger partial charge in [0, 0.05) is 22.5 Å². The van der Waals surface area contributed by atoms with Crippen LogP contribution in [0.5, 0.6) is 5.75 Å². The highest BCUT2D eigenvalue weighted by molar-refractivity contribution is 5.60. The lowest BCUT2D eigenvalue weighted by Gasteiger charge is -1.99. The lowest BCUT2D eigenvalue weighted by atomic mass is 10.2. The number of pyridine rings is 1. The Morgan fingerprint density at radius 3 is 2.20 bits per heavy atom. The van der Waals surface area contributed by atoms with Crippen molar-refractivity contribution in [2.75, 3.05) is 0 Å². The maximum atomic E-state index is 9.27. The summed E-state index contributed by atoms with van der Waals surface area (Å²) in [4.78, 5) is 8.70. The molecule has 2 heterocycles. The highest BCUT2D eigenvalue weighted by atomic mass is 16.5. The molecule has 0 saturated heterocycles. The summed E-state index contributed by atoms with van der Waals surface area (Å²) in [6.45, 7) is 3.86. The fourth-order valence-corrected chi connectivity index (χ4v) is 2.03. The third kappa shape index (κ3) is 2.38. The quantitative estimate of drug-likeness (QED) is 0.772. The summed E-state index contributed by atoms with van der Waals surface area (Å²) in [5.41, 5.74) is 3.47. The third-order valence-electron chi connectivity index (χ3n) is 2.88. The number of hydrogen-bond donors (Lipinski definition) is 1. The van der Waals surface area contributed by atoms with Gasteiger partial charge in [-0.15, -0.1) is 0 Å². The lowest BCUT2D eigenvalue weighted by Crippen LogP contribution is -1.89. The first-order valence-electron chi connectivity index (χ1n) is 6.20. The molecular weight excluding hydrogens is 254 g/mol. The zero-order valence-electron chi connectivity index (χ0n) is 11.2. The van der Waals surface area contributed by atoms with Crippen LogP contribution in [0.2, 0.25) is 0 Å². The summed E-state index contributed by atoms with van der Waals surface area (Å²) >= 11 is 0. The molecule has 5 nitrogen and oxygen atoms in total. The van der Waals surface area contributed by atoms with Crippen molar-refractivity contribution in [3.05, 3.63) is 47.8 Å². The minimum atomic E-state index is 0.203. The Morgan fingerprint density at radius 1 is 0.900 bits per heavy atom. The van der Waals surface area contributed by atoms with E-state index in [1.54, 1.807) is 24.3 Å². The Morgan fingerprint density at radius 2 is 1.55 bits per heavy atom. The smallest absolute Gasteiger partial charge is 0.258 e. The number of aryl methyl sites for hydroxylation is 2. The molecule has 100 valence electrons. The van der Waals surface area contributed by atoms with Crippen LogP contribution in [0, 0.1) is 13.8 Å². The summed E-state index contributed by atoms with van der Waals surface area (Å²) in [6.07, 6.45) is 0. The van der Waals surface area contributed by atoms with Gasteiger partial charge in [-0.2, -0.15) is 4.98 Å². The van der Waals surface area contributed by atoms with E-state index in [1.165, 1.54) is 0 Å². The Labute approximate surface area is 115 Å². The Hall–Kier alpha value is -2.69. The van der Waals surface area contributed by atoms with Crippen LogP contribution in [0.4, 0.5) is 0 Å². The molecule has 3 aromatic rings. The molecule has 5 heteroatoms. The molecular formula is C15H13N3O2. The van der Waals surface area contributed by atoms with Crippen LogP contribution in [-0.4, -0.2) is 20.2 Å². The van der Waals surface area contributed by atoms with Gasteiger partial charge in [0.15, 0.2) is 0 Å². The summed E-state index contributed by atoms with van der Waals surface area (Å²) < 4.78 is 5.26. The van der Waals surface area contributed by atoms with E-state index in [2.05, 4.69) is 15.1 Å². The Kier molecular flexibility index (Phi) is 2.95. The molecule has 2 aromatic heterocycles. The van der Waals surface area contributed by atoms with E-state index in [1.807, 2.05) is 26.0 Å². The number of benzene rings is 1. The molecule has 0 spiro atoms. The molecule has 20 heavy (non-hydrogen) atoms. The summed E-state index contributed by atoms with van der Waals surface area (Å²) in [7, 11) is 0. The normalized spacial score (nSPS) is 10.7. The van der Waals surface area contributed by atoms with Crippen molar-refractivity contribution >= 4 is 0 Å². The zero-order chi connectivity index (χ0) is 14.1. The molecule has 0 bridgehead atoms. The second-order valence-corrected chi connectivity index (χ2v) is 4.61. The molecule has 3 rings (SSSR count). The SMILES string of the molecule is Cc1cc(-c2noc(-c3ccc(O)cc3)n2)cc(C)n1. The average Bonchev–Trinajstić information content (AvgIpc) is 2.88. The van der Waals surface area contributed by atoms with Crippen LogP contribution < -0.4 is 0 Å². The topological polar surface area (TPSA) is 72.0 Å². The number of rotatable bonds is 2. The van der Waals surface area contributed by atoms with Crippen LogP contribution in [0.1, 0.15) is 11.4 Å². The van der Waals surface area contributed by atoms with Gasteiger partial charge in [-0.3, -0.25) is 4.98 Å². The number of aromatic nitrogens is 3. The summed E-state index contributed by atoms with van der Waals surface area (Å²) in [5.74, 6) is 1.16. The predicted molar refractivity (Wildman–Crippen MR) is 74.1 cm³/mol. The molecule has 0 atom stereocenters.